The fraction of sp³-hybridized carbons (Fsp3) is 0.571. The van der Waals surface area contributed by atoms with Gasteiger partial charge in [-0.1, -0.05) is 6.92 Å². The maximum Gasteiger partial charge on any atom is 0.355 e. The van der Waals surface area contributed by atoms with E-state index in [-0.39, 0.29) is 23.9 Å². The summed E-state index contributed by atoms with van der Waals surface area (Å²) in [6.45, 7) is 4.42. The number of amides is 2. The Morgan fingerprint density at radius 2 is 2.35 bits per heavy atom. The number of aromatic carboxylic acids is 1. The van der Waals surface area contributed by atoms with Crippen LogP contribution in [0.1, 0.15) is 28.8 Å². The van der Waals surface area contributed by atoms with E-state index in [9.17, 15) is 14.4 Å². The largest absolute Gasteiger partial charge is 0.476 e. The van der Waals surface area contributed by atoms with Crippen LogP contribution in [0.25, 0.3) is 0 Å². The molecule has 0 unspecified atom stereocenters. The van der Waals surface area contributed by atoms with Gasteiger partial charge >= 0.3 is 5.97 Å². The maximum absolute atomic E-state index is 12.0. The van der Waals surface area contributed by atoms with Crippen LogP contribution in [0.2, 0.25) is 0 Å². The Morgan fingerprint density at radius 1 is 1.57 bits per heavy atom. The van der Waals surface area contributed by atoms with Crippen molar-refractivity contribution in [2.75, 3.05) is 26.2 Å². The van der Waals surface area contributed by atoms with Gasteiger partial charge in [0.25, 0.3) is 0 Å². The number of aromatic nitrogens is 1. The summed E-state index contributed by atoms with van der Waals surface area (Å²) in [5.74, 6) is -1.36. The Labute approximate surface area is 137 Å². The van der Waals surface area contributed by atoms with Crippen molar-refractivity contribution in [3.05, 3.63) is 16.1 Å². The first kappa shape index (κ1) is 17.4. The van der Waals surface area contributed by atoms with Crippen molar-refractivity contribution >= 4 is 29.1 Å². The van der Waals surface area contributed by atoms with Crippen molar-refractivity contribution in [3.8, 4) is 0 Å². The minimum atomic E-state index is -1.06. The highest BCUT2D eigenvalue weighted by Crippen LogP contribution is 2.11. The van der Waals surface area contributed by atoms with E-state index in [1.807, 2.05) is 11.8 Å². The van der Waals surface area contributed by atoms with Gasteiger partial charge in [0.1, 0.15) is 0 Å². The number of carboxylic acids is 1. The van der Waals surface area contributed by atoms with Gasteiger partial charge in [0.2, 0.25) is 11.8 Å². The fourth-order valence-electron chi connectivity index (χ4n) is 2.44. The summed E-state index contributed by atoms with van der Waals surface area (Å²) in [5.41, 5.74) is 0.0220. The smallest absolute Gasteiger partial charge is 0.355 e. The Bertz CT molecular complexity index is 589. The predicted octanol–water partition coefficient (Wildman–Crippen LogP) is -0.290. The minimum Gasteiger partial charge on any atom is -0.476 e. The summed E-state index contributed by atoms with van der Waals surface area (Å²) in [5, 5.41) is 16.5. The minimum absolute atomic E-state index is 0.0220. The van der Waals surface area contributed by atoms with Crippen molar-refractivity contribution in [3.63, 3.8) is 0 Å². The molecule has 8 nitrogen and oxygen atoms in total. The van der Waals surface area contributed by atoms with Crippen LogP contribution in [0.4, 0.5) is 0 Å². The normalized spacial score (nSPS) is 18.5. The number of nitrogens with one attached hydrogen (secondary N) is 2. The molecule has 0 radical (unpaired) electrons. The Hall–Kier alpha value is -2.00. The topological polar surface area (TPSA) is 112 Å². The van der Waals surface area contributed by atoms with Crippen LogP contribution in [0.15, 0.2) is 5.38 Å². The van der Waals surface area contributed by atoms with E-state index in [0.29, 0.717) is 24.5 Å². The zero-order valence-electron chi connectivity index (χ0n) is 12.9. The second kappa shape index (κ2) is 8.02. The molecule has 1 aliphatic heterocycles. The van der Waals surface area contributed by atoms with Crippen molar-refractivity contribution in [2.24, 2.45) is 0 Å². The van der Waals surface area contributed by atoms with Gasteiger partial charge < -0.3 is 15.7 Å². The number of carbonyl (C=O) groups excluding carboxylic acids is 2. The van der Waals surface area contributed by atoms with Crippen LogP contribution >= 0.6 is 11.3 Å². The van der Waals surface area contributed by atoms with Gasteiger partial charge in [-0.2, -0.15) is 0 Å². The average Bonchev–Trinajstić information content (AvgIpc) is 2.98. The van der Waals surface area contributed by atoms with E-state index in [1.54, 1.807) is 0 Å². The lowest BCUT2D eigenvalue weighted by Crippen LogP contribution is -2.56. The van der Waals surface area contributed by atoms with Crippen molar-refractivity contribution < 1.29 is 19.5 Å². The lowest BCUT2D eigenvalue weighted by molar-refractivity contribution is -0.133. The Balaban J connectivity index is 1.77. The summed E-state index contributed by atoms with van der Waals surface area (Å²) in [6.07, 6.45) is 0.593. The molecule has 23 heavy (non-hydrogen) atoms. The molecule has 2 heterocycles. The molecule has 0 bridgehead atoms. The molecule has 1 aromatic heterocycles. The maximum atomic E-state index is 12.0. The molecule has 1 atom stereocenters. The molecule has 1 fully saturated rings. The molecule has 2 amide bonds. The van der Waals surface area contributed by atoms with Crippen LogP contribution in [0.3, 0.4) is 0 Å². The molecular formula is C14H20N4O4S. The summed E-state index contributed by atoms with van der Waals surface area (Å²) in [7, 11) is 0. The summed E-state index contributed by atoms with van der Waals surface area (Å²) >= 11 is 1.25. The van der Waals surface area contributed by atoms with Crippen LogP contribution in [0, 0.1) is 0 Å². The van der Waals surface area contributed by atoms with E-state index in [1.165, 1.54) is 16.7 Å². The summed E-state index contributed by atoms with van der Waals surface area (Å²) < 4.78 is 0. The van der Waals surface area contributed by atoms with Gasteiger partial charge in [-0.05, 0) is 6.54 Å². The monoisotopic (exact) mass is 340 g/mol. The van der Waals surface area contributed by atoms with E-state index in [2.05, 4.69) is 15.6 Å². The van der Waals surface area contributed by atoms with Crippen molar-refractivity contribution in [1.82, 2.24) is 20.5 Å². The molecule has 9 heteroatoms. The molecule has 1 aromatic rings. The molecule has 0 saturated carbocycles. The van der Waals surface area contributed by atoms with Crippen molar-refractivity contribution in [2.45, 2.75) is 25.8 Å². The number of rotatable bonds is 7. The molecule has 1 aliphatic rings. The highest BCUT2D eigenvalue weighted by Gasteiger charge is 2.30. The molecule has 0 aliphatic carbocycles. The van der Waals surface area contributed by atoms with Gasteiger partial charge in [-0.3, -0.25) is 14.5 Å². The average molecular weight is 340 g/mol. The zero-order chi connectivity index (χ0) is 16.8. The Kier molecular flexibility index (Phi) is 6.05. The second-order valence-corrected chi connectivity index (χ2v) is 6.11. The van der Waals surface area contributed by atoms with Crippen LogP contribution in [-0.4, -0.2) is 65.0 Å². The van der Waals surface area contributed by atoms with E-state index in [0.717, 1.165) is 13.1 Å². The number of piperazine rings is 1. The van der Waals surface area contributed by atoms with Crippen LogP contribution in [0.5, 0.6) is 0 Å². The number of hydrogen-bond acceptors (Lipinski definition) is 6. The first-order valence-corrected chi connectivity index (χ1v) is 8.35. The molecule has 2 rings (SSSR count). The van der Waals surface area contributed by atoms with E-state index >= 15 is 0 Å². The number of nitrogens with zero attached hydrogens (tertiary/aromatic N) is 2. The number of carboxylic acid groups (broad SMARTS) is 1. The summed E-state index contributed by atoms with van der Waals surface area (Å²) in [6, 6.07) is -0.424. The lowest BCUT2D eigenvalue weighted by Gasteiger charge is -2.33. The third-order valence-corrected chi connectivity index (χ3v) is 4.57. The standard InChI is InChI=1S/C14H20N4O4S/c1-2-18-6-5-16-13(20)10(18)7-11(19)15-4-3-12-17-9(8-23-12)14(21)22/h8,10H,2-7H2,1H3,(H,15,19)(H,16,20)(H,21,22)/t10-/m1/s1. The zero-order valence-corrected chi connectivity index (χ0v) is 13.7. The van der Waals surface area contributed by atoms with E-state index < -0.39 is 12.0 Å². The molecule has 1 saturated heterocycles. The molecule has 0 aromatic carbocycles. The fourth-order valence-corrected chi connectivity index (χ4v) is 3.22. The number of likely N-dealkylation sites (N-methyl/N-ethyl adjacent to an activating group) is 1. The lowest BCUT2D eigenvalue weighted by atomic mass is 10.1. The number of hydrogen-bond donors (Lipinski definition) is 3. The van der Waals surface area contributed by atoms with Gasteiger partial charge in [0.15, 0.2) is 5.69 Å². The number of carbonyl (C=O) groups is 3. The van der Waals surface area contributed by atoms with Crippen LogP contribution in [-0.2, 0) is 16.0 Å². The quantitative estimate of drug-likeness (QED) is 0.629. The Morgan fingerprint density at radius 3 is 3.00 bits per heavy atom. The first-order valence-electron chi connectivity index (χ1n) is 7.47. The van der Waals surface area contributed by atoms with Crippen molar-refractivity contribution in [1.29, 1.82) is 0 Å². The highest BCUT2D eigenvalue weighted by molar-refractivity contribution is 7.09. The molecule has 126 valence electrons. The molecule has 3 N–H and O–H groups in total. The van der Waals surface area contributed by atoms with E-state index in [4.69, 9.17) is 5.11 Å². The molecular weight excluding hydrogens is 320 g/mol. The number of thiazole rings is 1. The summed E-state index contributed by atoms with van der Waals surface area (Å²) in [4.78, 5) is 40.5. The third-order valence-electron chi connectivity index (χ3n) is 3.66. The van der Waals surface area contributed by atoms with Gasteiger partial charge in [-0.25, -0.2) is 9.78 Å². The molecule has 0 spiro atoms. The first-order chi connectivity index (χ1) is 11.0. The highest BCUT2D eigenvalue weighted by atomic mass is 32.1. The van der Waals surface area contributed by atoms with Crippen LogP contribution < -0.4 is 10.6 Å². The second-order valence-electron chi connectivity index (χ2n) is 5.17. The van der Waals surface area contributed by atoms with Gasteiger partial charge in [0, 0.05) is 31.4 Å². The van der Waals surface area contributed by atoms with Gasteiger partial charge in [0.05, 0.1) is 17.5 Å². The predicted molar refractivity (Wildman–Crippen MR) is 84.4 cm³/mol. The SMILES string of the molecule is CCN1CCNC(=O)[C@H]1CC(=O)NCCc1nc(C(=O)O)cs1. The third kappa shape index (κ3) is 4.73. The van der Waals surface area contributed by atoms with Gasteiger partial charge in [-0.15, -0.1) is 11.3 Å².